The fourth-order valence-electron chi connectivity index (χ4n) is 1.48. The first-order valence-electron chi connectivity index (χ1n) is 5.53. The van der Waals surface area contributed by atoms with Gasteiger partial charge in [0.2, 0.25) is 0 Å². The summed E-state index contributed by atoms with van der Waals surface area (Å²) in [6.45, 7) is 7.59. The minimum atomic E-state index is 0.560. The highest BCUT2D eigenvalue weighted by Gasteiger charge is 2.11. The first kappa shape index (κ1) is 13.9. The molecule has 0 unspecified atom stereocenters. The summed E-state index contributed by atoms with van der Waals surface area (Å²) in [5.41, 5.74) is 1.05. The van der Waals surface area contributed by atoms with E-state index in [4.69, 9.17) is 21.1 Å². The van der Waals surface area contributed by atoms with Gasteiger partial charge in [0.15, 0.2) is 11.5 Å². The standard InChI is InChI=1S/C13H18ClNO2/c1-4-6-15-9-10-7-11(14)13(17-5-2)12(8-10)16-3/h4,7-8,15H,1,5-6,9H2,2-3H3. The lowest BCUT2D eigenvalue weighted by atomic mass is 10.2. The quantitative estimate of drug-likeness (QED) is 0.600. The molecule has 0 bridgehead atoms. The van der Waals surface area contributed by atoms with Crippen molar-refractivity contribution in [1.82, 2.24) is 5.32 Å². The summed E-state index contributed by atoms with van der Waals surface area (Å²) in [6, 6.07) is 3.80. The Morgan fingerprint density at radius 1 is 1.47 bits per heavy atom. The Hall–Kier alpha value is -1.19. The van der Waals surface area contributed by atoms with Crippen molar-refractivity contribution in [1.29, 1.82) is 0 Å². The molecule has 0 aromatic heterocycles. The van der Waals surface area contributed by atoms with Crippen molar-refractivity contribution in [3.05, 3.63) is 35.4 Å². The van der Waals surface area contributed by atoms with Crippen LogP contribution in [0.5, 0.6) is 11.5 Å². The van der Waals surface area contributed by atoms with Crippen molar-refractivity contribution >= 4 is 11.6 Å². The van der Waals surface area contributed by atoms with Crippen LogP contribution >= 0.6 is 11.6 Å². The maximum atomic E-state index is 6.15. The Balaban J connectivity index is 2.87. The molecule has 0 spiro atoms. The lowest BCUT2D eigenvalue weighted by Gasteiger charge is -2.13. The molecule has 0 aliphatic carbocycles. The molecule has 0 heterocycles. The zero-order valence-corrected chi connectivity index (χ0v) is 11.0. The van der Waals surface area contributed by atoms with Crippen molar-refractivity contribution in [2.45, 2.75) is 13.5 Å². The van der Waals surface area contributed by atoms with E-state index >= 15 is 0 Å². The van der Waals surface area contributed by atoms with Crippen LogP contribution in [0.3, 0.4) is 0 Å². The van der Waals surface area contributed by atoms with Gasteiger partial charge in [-0.3, -0.25) is 0 Å². The molecular weight excluding hydrogens is 238 g/mol. The Bertz CT molecular complexity index is 380. The van der Waals surface area contributed by atoms with Gasteiger partial charge in [-0.25, -0.2) is 0 Å². The lowest BCUT2D eigenvalue weighted by molar-refractivity contribution is 0.311. The van der Waals surface area contributed by atoms with E-state index in [1.807, 2.05) is 25.1 Å². The molecule has 94 valence electrons. The molecule has 17 heavy (non-hydrogen) atoms. The van der Waals surface area contributed by atoms with E-state index in [0.29, 0.717) is 29.7 Å². The van der Waals surface area contributed by atoms with E-state index in [9.17, 15) is 0 Å². The van der Waals surface area contributed by atoms with Gasteiger partial charge in [-0.1, -0.05) is 17.7 Å². The molecule has 0 amide bonds. The van der Waals surface area contributed by atoms with Gasteiger partial charge < -0.3 is 14.8 Å². The molecule has 1 aromatic rings. The van der Waals surface area contributed by atoms with Crippen molar-refractivity contribution in [3.63, 3.8) is 0 Å². The molecule has 0 fully saturated rings. The number of hydrogen-bond acceptors (Lipinski definition) is 3. The van der Waals surface area contributed by atoms with Crippen LogP contribution in [0.25, 0.3) is 0 Å². The highest BCUT2D eigenvalue weighted by molar-refractivity contribution is 6.32. The third-order valence-electron chi connectivity index (χ3n) is 2.20. The van der Waals surface area contributed by atoms with E-state index in [-0.39, 0.29) is 0 Å². The SMILES string of the molecule is C=CCNCc1cc(Cl)c(OCC)c(OC)c1. The summed E-state index contributed by atoms with van der Waals surface area (Å²) in [6.07, 6.45) is 1.81. The third-order valence-corrected chi connectivity index (χ3v) is 2.48. The van der Waals surface area contributed by atoms with Crippen LogP contribution in [0.2, 0.25) is 5.02 Å². The van der Waals surface area contributed by atoms with Crippen LogP contribution in [-0.4, -0.2) is 20.3 Å². The van der Waals surface area contributed by atoms with Crippen LogP contribution < -0.4 is 14.8 Å². The predicted octanol–water partition coefficient (Wildman–Crippen LogP) is 3.02. The van der Waals surface area contributed by atoms with Crippen LogP contribution in [0.15, 0.2) is 24.8 Å². The molecule has 0 aliphatic heterocycles. The summed E-state index contributed by atoms with van der Waals surface area (Å²) in [7, 11) is 1.61. The first-order chi connectivity index (χ1) is 8.22. The number of nitrogens with one attached hydrogen (secondary N) is 1. The Morgan fingerprint density at radius 3 is 2.82 bits per heavy atom. The number of halogens is 1. The van der Waals surface area contributed by atoms with Crippen molar-refractivity contribution in [2.75, 3.05) is 20.3 Å². The smallest absolute Gasteiger partial charge is 0.179 e. The zero-order chi connectivity index (χ0) is 12.7. The third kappa shape index (κ3) is 3.95. The summed E-state index contributed by atoms with van der Waals surface area (Å²) in [4.78, 5) is 0. The maximum absolute atomic E-state index is 6.15. The van der Waals surface area contributed by atoms with Crippen LogP contribution in [0.1, 0.15) is 12.5 Å². The van der Waals surface area contributed by atoms with Crippen LogP contribution in [0, 0.1) is 0 Å². The minimum Gasteiger partial charge on any atom is -0.493 e. The zero-order valence-electron chi connectivity index (χ0n) is 10.3. The summed E-state index contributed by atoms with van der Waals surface area (Å²) < 4.78 is 10.7. The maximum Gasteiger partial charge on any atom is 0.179 e. The average Bonchev–Trinajstić information content (AvgIpc) is 2.32. The number of hydrogen-bond donors (Lipinski definition) is 1. The number of rotatable bonds is 7. The fraction of sp³-hybridized carbons (Fsp3) is 0.385. The molecule has 1 rings (SSSR count). The largest absolute Gasteiger partial charge is 0.493 e. The van der Waals surface area contributed by atoms with Crippen molar-refractivity contribution in [3.8, 4) is 11.5 Å². The molecule has 0 saturated heterocycles. The van der Waals surface area contributed by atoms with Gasteiger partial charge in [-0.15, -0.1) is 6.58 Å². The predicted molar refractivity (Wildman–Crippen MR) is 71.1 cm³/mol. The van der Waals surface area contributed by atoms with E-state index in [0.717, 1.165) is 12.1 Å². The fourth-order valence-corrected chi connectivity index (χ4v) is 1.77. The Morgan fingerprint density at radius 2 is 2.24 bits per heavy atom. The highest BCUT2D eigenvalue weighted by Crippen LogP contribution is 2.36. The molecule has 4 heteroatoms. The molecule has 1 N–H and O–H groups in total. The molecule has 0 saturated carbocycles. The second-order valence-electron chi connectivity index (χ2n) is 3.46. The van der Waals surface area contributed by atoms with E-state index < -0.39 is 0 Å². The van der Waals surface area contributed by atoms with Gasteiger partial charge in [0.25, 0.3) is 0 Å². The van der Waals surface area contributed by atoms with Crippen LogP contribution in [0.4, 0.5) is 0 Å². The number of ether oxygens (including phenoxy) is 2. The van der Waals surface area contributed by atoms with Gasteiger partial charge in [0.1, 0.15) is 0 Å². The molecule has 0 aliphatic rings. The molecule has 0 radical (unpaired) electrons. The van der Waals surface area contributed by atoms with Gasteiger partial charge in [-0.2, -0.15) is 0 Å². The average molecular weight is 256 g/mol. The van der Waals surface area contributed by atoms with Gasteiger partial charge >= 0.3 is 0 Å². The van der Waals surface area contributed by atoms with Crippen LogP contribution in [-0.2, 0) is 6.54 Å². The van der Waals surface area contributed by atoms with Gasteiger partial charge in [0.05, 0.1) is 18.7 Å². The Labute approximate surface area is 107 Å². The number of benzene rings is 1. The summed E-state index contributed by atoms with van der Waals surface area (Å²) >= 11 is 6.15. The summed E-state index contributed by atoms with van der Waals surface area (Å²) in [5, 5.41) is 3.78. The second-order valence-corrected chi connectivity index (χ2v) is 3.87. The molecule has 3 nitrogen and oxygen atoms in total. The number of methoxy groups -OCH3 is 1. The minimum absolute atomic E-state index is 0.560. The topological polar surface area (TPSA) is 30.5 Å². The first-order valence-corrected chi connectivity index (χ1v) is 5.91. The highest BCUT2D eigenvalue weighted by atomic mass is 35.5. The molecule has 1 aromatic carbocycles. The van der Waals surface area contributed by atoms with Crippen molar-refractivity contribution in [2.24, 2.45) is 0 Å². The molecular formula is C13H18ClNO2. The van der Waals surface area contributed by atoms with Gasteiger partial charge in [0, 0.05) is 13.1 Å². The monoisotopic (exact) mass is 255 g/mol. The van der Waals surface area contributed by atoms with Crippen molar-refractivity contribution < 1.29 is 9.47 Å². The Kier molecular flexibility index (Phi) is 5.87. The second kappa shape index (κ2) is 7.20. The lowest BCUT2D eigenvalue weighted by Crippen LogP contribution is -2.12. The van der Waals surface area contributed by atoms with E-state index in [1.165, 1.54) is 0 Å². The van der Waals surface area contributed by atoms with Gasteiger partial charge in [-0.05, 0) is 24.6 Å². The van der Waals surface area contributed by atoms with E-state index in [1.54, 1.807) is 7.11 Å². The summed E-state index contributed by atoms with van der Waals surface area (Å²) in [5.74, 6) is 1.26. The normalized spacial score (nSPS) is 10.1. The van der Waals surface area contributed by atoms with E-state index in [2.05, 4.69) is 11.9 Å². The molecule has 0 atom stereocenters.